The summed E-state index contributed by atoms with van der Waals surface area (Å²) in [5.41, 5.74) is -0.177. The molecule has 0 saturated heterocycles. The Hall–Kier alpha value is -0.610. The Kier molecular flexibility index (Phi) is 4.95. The average Bonchev–Trinajstić information content (AvgIpc) is 2.62. The molecule has 0 aromatic heterocycles. The molecule has 4 nitrogen and oxygen atoms in total. The fourth-order valence-electron chi connectivity index (χ4n) is 2.27. The van der Waals surface area contributed by atoms with Gasteiger partial charge in [-0.3, -0.25) is 4.79 Å². The van der Waals surface area contributed by atoms with E-state index in [1.54, 1.807) is 7.11 Å². The van der Waals surface area contributed by atoms with Crippen LogP contribution in [-0.4, -0.2) is 36.7 Å². The van der Waals surface area contributed by atoms with E-state index in [1.165, 1.54) is 6.42 Å². The van der Waals surface area contributed by atoms with Gasteiger partial charge in [0.15, 0.2) is 0 Å². The van der Waals surface area contributed by atoms with E-state index in [0.29, 0.717) is 6.04 Å². The van der Waals surface area contributed by atoms with Gasteiger partial charge in [0.05, 0.1) is 12.1 Å². The Morgan fingerprint density at radius 3 is 2.53 bits per heavy atom. The molecule has 1 amide bonds. The van der Waals surface area contributed by atoms with Gasteiger partial charge in [0.1, 0.15) is 0 Å². The number of nitrogens with one attached hydrogen (secondary N) is 2. The second kappa shape index (κ2) is 5.83. The smallest absolute Gasteiger partial charge is 0.237 e. The number of rotatable bonds is 4. The third-order valence-electron chi connectivity index (χ3n) is 3.11. The summed E-state index contributed by atoms with van der Waals surface area (Å²) in [6.07, 6.45) is 3.59. The minimum atomic E-state index is -0.177. The van der Waals surface area contributed by atoms with Crippen LogP contribution in [0.2, 0.25) is 0 Å². The van der Waals surface area contributed by atoms with Crippen LogP contribution < -0.4 is 10.6 Å². The molecule has 3 unspecified atom stereocenters. The van der Waals surface area contributed by atoms with E-state index in [0.717, 1.165) is 12.8 Å². The van der Waals surface area contributed by atoms with Crippen LogP contribution >= 0.6 is 0 Å². The van der Waals surface area contributed by atoms with Crippen molar-refractivity contribution < 1.29 is 9.53 Å². The van der Waals surface area contributed by atoms with Gasteiger partial charge < -0.3 is 15.4 Å². The number of ether oxygens (including phenoxy) is 1. The summed E-state index contributed by atoms with van der Waals surface area (Å²) in [6.45, 7) is 7.88. The van der Waals surface area contributed by atoms with Crippen LogP contribution in [0.1, 0.15) is 47.0 Å². The molecule has 0 radical (unpaired) electrons. The lowest BCUT2D eigenvalue weighted by Crippen LogP contribution is -2.53. The quantitative estimate of drug-likeness (QED) is 0.784. The third-order valence-corrected chi connectivity index (χ3v) is 3.11. The van der Waals surface area contributed by atoms with Crippen molar-refractivity contribution >= 4 is 5.91 Å². The summed E-state index contributed by atoms with van der Waals surface area (Å²) >= 11 is 0. The van der Waals surface area contributed by atoms with Crippen LogP contribution in [0.25, 0.3) is 0 Å². The highest BCUT2D eigenvalue weighted by molar-refractivity contribution is 5.81. The second-order valence-electron chi connectivity index (χ2n) is 5.94. The van der Waals surface area contributed by atoms with Crippen LogP contribution in [-0.2, 0) is 9.53 Å². The minimum Gasteiger partial charge on any atom is -0.380 e. The molecule has 0 bridgehead atoms. The van der Waals surface area contributed by atoms with Crippen molar-refractivity contribution in [2.45, 2.75) is 70.7 Å². The van der Waals surface area contributed by atoms with Crippen LogP contribution in [0.5, 0.6) is 0 Å². The number of hydrogen-bond donors (Lipinski definition) is 2. The molecule has 1 aliphatic rings. The number of hydrogen-bond acceptors (Lipinski definition) is 3. The van der Waals surface area contributed by atoms with E-state index in [-0.39, 0.29) is 23.6 Å². The van der Waals surface area contributed by atoms with Crippen molar-refractivity contribution in [2.75, 3.05) is 7.11 Å². The SMILES string of the molecule is COC1CCCC1NC(C)C(=O)NC(C)(C)C. The van der Waals surface area contributed by atoms with Crippen molar-refractivity contribution in [3.8, 4) is 0 Å². The maximum atomic E-state index is 11.9. The fourth-order valence-corrected chi connectivity index (χ4v) is 2.27. The van der Waals surface area contributed by atoms with Gasteiger partial charge in [-0.2, -0.15) is 0 Å². The zero-order chi connectivity index (χ0) is 13.1. The highest BCUT2D eigenvalue weighted by atomic mass is 16.5. The summed E-state index contributed by atoms with van der Waals surface area (Å²) in [5, 5.41) is 6.35. The Bertz CT molecular complexity index is 261. The van der Waals surface area contributed by atoms with Gasteiger partial charge in [-0.25, -0.2) is 0 Å². The lowest BCUT2D eigenvalue weighted by Gasteiger charge is -2.27. The second-order valence-corrected chi connectivity index (χ2v) is 5.94. The van der Waals surface area contributed by atoms with Gasteiger partial charge in [-0.1, -0.05) is 0 Å². The van der Waals surface area contributed by atoms with Crippen molar-refractivity contribution in [1.29, 1.82) is 0 Å². The number of amides is 1. The molecule has 0 heterocycles. The molecular weight excluding hydrogens is 216 g/mol. The predicted octanol–water partition coefficient (Wildman–Crippen LogP) is 1.45. The van der Waals surface area contributed by atoms with Crippen LogP contribution in [0.15, 0.2) is 0 Å². The molecule has 0 spiro atoms. The first kappa shape index (κ1) is 14.5. The van der Waals surface area contributed by atoms with Crippen molar-refractivity contribution in [2.24, 2.45) is 0 Å². The Morgan fingerprint density at radius 2 is 2.00 bits per heavy atom. The predicted molar refractivity (Wildman–Crippen MR) is 68.9 cm³/mol. The standard InChI is InChI=1S/C13H26N2O2/c1-9(12(16)15-13(2,3)4)14-10-7-6-8-11(10)17-5/h9-11,14H,6-8H2,1-5H3,(H,15,16). The van der Waals surface area contributed by atoms with Crippen LogP contribution in [0.4, 0.5) is 0 Å². The number of carbonyl (C=O) groups excluding carboxylic acids is 1. The van der Waals surface area contributed by atoms with Gasteiger partial charge in [0.2, 0.25) is 5.91 Å². The zero-order valence-corrected chi connectivity index (χ0v) is 11.7. The van der Waals surface area contributed by atoms with Gasteiger partial charge >= 0.3 is 0 Å². The maximum absolute atomic E-state index is 11.9. The molecule has 17 heavy (non-hydrogen) atoms. The maximum Gasteiger partial charge on any atom is 0.237 e. The van der Waals surface area contributed by atoms with Crippen molar-refractivity contribution in [1.82, 2.24) is 10.6 Å². The molecule has 1 rings (SSSR count). The van der Waals surface area contributed by atoms with Gasteiger partial charge in [0, 0.05) is 18.7 Å². The Labute approximate surface area is 104 Å². The van der Waals surface area contributed by atoms with Gasteiger partial charge in [-0.15, -0.1) is 0 Å². The van der Waals surface area contributed by atoms with Crippen molar-refractivity contribution in [3.63, 3.8) is 0 Å². The van der Waals surface area contributed by atoms with E-state index in [2.05, 4.69) is 10.6 Å². The summed E-state index contributed by atoms with van der Waals surface area (Å²) < 4.78 is 5.41. The Balaban J connectivity index is 2.43. The normalized spacial score (nSPS) is 26.9. The molecule has 4 heteroatoms. The molecule has 1 fully saturated rings. The molecule has 0 aliphatic heterocycles. The number of methoxy groups -OCH3 is 1. The Morgan fingerprint density at radius 1 is 1.35 bits per heavy atom. The summed E-state index contributed by atoms with van der Waals surface area (Å²) in [7, 11) is 1.74. The van der Waals surface area contributed by atoms with E-state index < -0.39 is 0 Å². The van der Waals surface area contributed by atoms with Crippen LogP contribution in [0, 0.1) is 0 Å². The fraction of sp³-hybridized carbons (Fsp3) is 0.923. The summed E-state index contributed by atoms with van der Waals surface area (Å²) in [6, 6.07) is 0.135. The van der Waals surface area contributed by atoms with Gasteiger partial charge in [-0.05, 0) is 47.0 Å². The van der Waals surface area contributed by atoms with E-state index in [1.807, 2.05) is 27.7 Å². The molecule has 0 aromatic rings. The molecule has 1 saturated carbocycles. The number of carbonyl (C=O) groups is 1. The van der Waals surface area contributed by atoms with Gasteiger partial charge in [0.25, 0.3) is 0 Å². The highest BCUT2D eigenvalue weighted by Gasteiger charge is 2.30. The lowest BCUT2D eigenvalue weighted by molar-refractivity contribution is -0.124. The topological polar surface area (TPSA) is 50.4 Å². The average molecular weight is 242 g/mol. The van der Waals surface area contributed by atoms with Crippen molar-refractivity contribution in [3.05, 3.63) is 0 Å². The van der Waals surface area contributed by atoms with E-state index in [4.69, 9.17) is 4.74 Å². The largest absolute Gasteiger partial charge is 0.380 e. The van der Waals surface area contributed by atoms with E-state index >= 15 is 0 Å². The highest BCUT2D eigenvalue weighted by Crippen LogP contribution is 2.21. The molecule has 3 atom stereocenters. The first-order valence-electron chi connectivity index (χ1n) is 6.44. The van der Waals surface area contributed by atoms with Crippen LogP contribution in [0.3, 0.4) is 0 Å². The first-order valence-corrected chi connectivity index (χ1v) is 6.44. The molecule has 0 aromatic carbocycles. The minimum absolute atomic E-state index is 0.0549. The summed E-state index contributed by atoms with van der Waals surface area (Å²) in [4.78, 5) is 11.9. The summed E-state index contributed by atoms with van der Waals surface area (Å²) in [5.74, 6) is 0.0549. The lowest BCUT2D eigenvalue weighted by atomic mass is 10.1. The zero-order valence-electron chi connectivity index (χ0n) is 11.7. The molecular formula is C13H26N2O2. The third kappa shape index (κ3) is 4.64. The monoisotopic (exact) mass is 242 g/mol. The molecule has 1 aliphatic carbocycles. The first-order chi connectivity index (χ1) is 7.83. The van der Waals surface area contributed by atoms with E-state index in [9.17, 15) is 4.79 Å². The molecule has 2 N–H and O–H groups in total. The molecule has 100 valence electrons.